The number of nitro groups is 1. The zero-order chi connectivity index (χ0) is 20.7. The first-order chi connectivity index (χ1) is 14.6. The molecular weight excluding hydrogens is 384 g/mol. The number of benzene rings is 1. The fraction of sp³-hybridized carbons (Fsp3) is 0.381. The van der Waals surface area contributed by atoms with E-state index in [0.717, 1.165) is 49.4 Å². The maximum absolute atomic E-state index is 12.8. The molecule has 0 spiro atoms. The Balaban J connectivity index is 1.46. The number of nitrogens with zero attached hydrogens (tertiary/aromatic N) is 5. The molecule has 1 saturated heterocycles. The Morgan fingerprint density at radius 2 is 2.03 bits per heavy atom. The quantitative estimate of drug-likeness (QED) is 0.516. The number of nitrogens with one attached hydrogen (secondary N) is 1. The second-order valence-electron chi connectivity index (χ2n) is 7.98. The van der Waals surface area contributed by atoms with Crippen LogP contribution >= 0.6 is 0 Å². The number of carbonyl (C=O) groups excluding carboxylic acids is 1. The smallest absolute Gasteiger partial charge is 0.270 e. The molecule has 1 atom stereocenters. The third kappa shape index (κ3) is 3.47. The van der Waals surface area contributed by atoms with E-state index in [1.807, 2.05) is 28.8 Å². The van der Waals surface area contributed by atoms with Crippen molar-refractivity contribution in [1.29, 1.82) is 0 Å². The molecule has 1 amide bonds. The molecule has 0 bridgehead atoms. The van der Waals surface area contributed by atoms with E-state index in [9.17, 15) is 14.9 Å². The van der Waals surface area contributed by atoms with Crippen molar-refractivity contribution < 1.29 is 9.72 Å². The Kier molecular flexibility index (Phi) is 4.57. The van der Waals surface area contributed by atoms with Crippen LogP contribution in [0.15, 0.2) is 42.6 Å². The molecule has 1 saturated carbocycles. The number of fused-ring (bicyclic) bond motifs is 1. The summed E-state index contributed by atoms with van der Waals surface area (Å²) in [5.74, 6) is 0.818. The maximum atomic E-state index is 12.8. The molecule has 1 aromatic carbocycles. The zero-order valence-electron chi connectivity index (χ0n) is 16.4. The van der Waals surface area contributed by atoms with Gasteiger partial charge in [-0.05, 0) is 43.9 Å². The van der Waals surface area contributed by atoms with Crippen molar-refractivity contribution in [2.45, 2.75) is 37.6 Å². The summed E-state index contributed by atoms with van der Waals surface area (Å²) in [6.07, 6.45) is 5.79. The van der Waals surface area contributed by atoms with Crippen LogP contribution in [0.4, 0.5) is 11.4 Å². The highest BCUT2D eigenvalue weighted by Crippen LogP contribution is 2.33. The van der Waals surface area contributed by atoms with Crippen LogP contribution < -0.4 is 10.2 Å². The molecule has 3 aromatic rings. The van der Waals surface area contributed by atoms with E-state index in [-0.39, 0.29) is 23.6 Å². The lowest BCUT2D eigenvalue weighted by Gasteiger charge is -2.34. The minimum Gasteiger partial charge on any atom is -0.370 e. The van der Waals surface area contributed by atoms with E-state index in [4.69, 9.17) is 0 Å². The number of hydrogen-bond donors (Lipinski definition) is 1. The number of non-ortho nitro benzene ring substituents is 1. The summed E-state index contributed by atoms with van der Waals surface area (Å²) in [7, 11) is 0. The molecule has 154 valence electrons. The molecule has 2 aliphatic rings. The average Bonchev–Trinajstić information content (AvgIpc) is 3.48. The van der Waals surface area contributed by atoms with E-state index >= 15 is 0 Å². The van der Waals surface area contributed by atoms with Crippen molar-refractivity contribution in [2.24, 2.45) is 0 Å². The fourth-order valence-corrected chi connectivity index (χ4v) is 4.13. The summed E-state index contributed by atoms with van der Waals surface area (Å²) in [5, 5.41) is 22.9. The van der Waals surface area contributed by atoms with Crippen molar-refractivity contribution in [2.75, 3.05) is 18.0 Å². The summed E-state index contributed by atoms with van der Waals surface area (Å²) in [6, 6.07) is 10.6. The Bertz CT molecular complexity index is 1120. The summed E-state index contributed by atoms with van der Waals surface area (Å²) in [6.45, 7) is 1.46. The van der Waals surface area contributed by atoms with Crippen molar-refractivity contribution in [1.82, 2.24) is 19.9 Å². The molecule has 1 aliphatic heterocycles. The van der Waals surface area contributed by atoms with Gasteiger partial charge in [-0.25, -0.2) is 0 Å². The highest BCUT2D eigenvalue weighted by molar-refractivity contribution is 6.00. The van der Waals surface area contributed by atoms with Crippen LogP contribution in [0.3, 0.4) is 0 Å². The number of rotatable bonds is 5. The van der Waals surface area contributed by atoms with E-state index in [0.29, 0.717) is 12.1 Å². The number of amides is 1. The Labute approximate surface area is 172 Å². The molecule has 2 aromatic heterocycles. The van der Waals surface area contributed by atoms with Gasteiger partial charge in [-0.2, -0.15) is 0 Å². The summed E-state index contributed by atoms with van der Waals surface area (Å²) < 4.78 is 2.00. The SMILES string of the molecule is O=C(NC1CC1)c1cc([N+](=O)[O-])ccc1N1CCC[C@@H](c2nnc3ccccn23)C1. The van der Waals surface area contributed by atoms with Crippen LogP contribution in [-0.2, 0) is 0 Å². The van der Waals surface area contributed by atoms with Gasteiger partial charge in [0.2, 0.25) is 0 Å². The van der Waals surface area contributed by atoms with Gasteiger partial charge in [0.25, 0.3) is 11.6 Å². The molecule has 30 heavy (non-hydrogen) atoms. The number of aromatic nitrogens is 3. The fourth-order valence-electron chi connectivity index (χ4n) is 4.13. The van der Waals surface area contributed by atoms with Crippen LogP contribution in [0.1, 0.15) is 47.8 Å². The Hall–Kier alpha value is -3.49. The molecule has 0 radical (unpaired) electrons. The molecule has 3 heterocycles. The van der Waals surface area contributed by atoms with E-state index in [1.54, 1.807) is 6.07 Å². The van der Waals surface area contributed by atoms with Crippen molar-refractivity contribution in [3.8, 4) is 0 Å². The van der Waals surface area contributed by atoms with Crippen LogP contribution in [0.5, 0.6) is 0 Å². The molecule has 9 heteroatoms. The number of hydrogen-bond acceptors (Lipinski definition) is 6. The summed E-state index contributed by atoms with van der Waals surface area (Å²) in [5.41, 5.74) is 1.83. The van der Waals surface area contributed by atoms with Crippen molar-refractivity contribution >= 4 is 22.9 Å². The Morgan fingerprint density at radius 3 is 2.83 bits per heavy atom. The second-order valence-corrected chi connectivity index (χ2v) is 7.98. The lowest BCUT2D eigenvalue weighted by Crippen LogP contribution is -2.37. The standard InChI is InChI=1S/C21H22N6O3/c28-21(22-15-6-7-15)17-12-16(27(29)30)8-9-18(17)25-10-3-4-14(13-25)20-24-23-19-5-1-2-11-26(19)20/h1-2,5,8-9,11-12,14-15H,3-4,6-7,10,13H2,(H,22,28)/t14-/m1/s1. The van der Waals surface area contributed by atoms with E-state index in [1.165, 1.54) is 12.1 Å². The minimum atomic E-state index is -0.459. The first kappa shape index (κ1) is 18.5. The average molecular weight is 406 g/mol. The molecule has 0 unspecified atom stereocenters. The first-order valence-electron chi connectivity index (χ1n) is 10.2. The van der Waals surface area contributed by atoms with Crippen molar-refractivity contribution in [3.63, 3.8) is 0 Å². The van der Waals surface area contributed by atoms with Crippen LogP contribution in [0.2, 0.25) is 0 Å². The third-order valence-electron chi connectivity index (χ3n) is 5.82. The van der Waals surface area contributed by atoms with E-state index in [2.05, 4.69) is 20.4 Å². The normalized spacial score (nSPS) is 19.1. The lowest BCUT2D eigenvalue weighted by atomic mass is 9.95. The van der Waals surface area contributed by atoms with Gasteiger partial charge in [0.05, 0.1) is 16.2 Å². The molecule has 9 nitrogen and oxygen atoms in total. The highest BCUT2D eigenvalue weighted by Gasteiger charge is 2.30. The summed E-state index contributed by atoms with van der Waals surface area (Å²) in [4.78, 5) is 25.8. The lowest BCUT2D eigenvalue weighted by molar-refractivity contribution is -0.384. The van der Waals surface area contributed by atoms with E-state index < -0.39 is 4.92 Å². The first-order valence-corrected chi connectivity index (χ1v) is 10.2. The minimum absolute atomic E-state index is 0.0725. The topological polar surface area (TPSA) is 106 Å². The predicted octanol–water partition coefficient (Wildman–Crippen LogP) is 2.91. The van der Waals surface area contributed by atoms with Gasteiger partial charge >= 0.3 is 0 Å². The number of pyridine rings is 1. The maximum Gasteiger partial charge on any atom is 0.270 e. The van der Waals surface area contributed by atoms with Gasteiger partial charge in [-0.15, -0.1) is 10.2 Å². The second kappa shape index (κ2) is 7.40. The van der Waals surface area contributed by atoms with Crippen LogP contribution in [-0.4, -0.2) is 44.6 Å². The van der Waals surface area contributed by atoms with Gasteiger partial charge in [-0.1, -0.05) is 6.07 Å². The van der Waals surface area contributed by atoms with Gasteiger partial charge < -0.3 is 10.2 Å². The summed E-state index contributed by atoms with van der Waals surface area (Å²) >= 11 is 0. The van der Waals surface area contributed by atoms with Gasteiger partial charge in [0.1, 0.15) is 5.82 Å². The number of carbonyl (C=O) groups is 1. The van der Waals surface area contributed by atoms with Gasteiger partial charge in [0.15, 0.2) is 5.65 Å². The van der Waals surface area contributed by atoms with Gasteiger partial charge in [0, 0.05) is 43.4 Å². The number of piperidine rings is 1. The predicted molar refractivity (Wildman–Crippen MR) is 111 cm³/mol. The molecular formula is C21H22N6O3. The van der Waals surface area contributed by atoms with Gasteiger partial charge in [-0.3, -0.25) is 19.3 Å². The molecule has 5 rings (SSSR count). The van der Waals surface area contributed by atoms with Crippen LogP contribution in [0, 0.1) is 10.1 Å². The largest absolute Gasteiger partial charge is 0.370 e. The Morgan fingerprint density at radius 1 is 1.17 bits per heavy atom. The zero-order valence-corrected chi connectivity index (χ0v) is 16.4. The van der Waals surface area contributed by atoms with Crippen LogP contribution in [0.25, 0.3) is 5.65 Å². The van der Waals surface area contributed by atoms with Crippen molar-refractivity contribution in [3.05, 3.63) is 64.1 Å². The monoisotopic (exact) mass is 406 g/mol. The number of nitro benzene ring substituents is 1. The highest BCUT2D eigenvalue weighted by atomic mass is 16.6. The molecule has 1 aliphatic carbocycles. The number of anilines is 1. The molecule has 2 fully saturated rings. The third-order valence-corrected chi connectivity index (χ3v) is 5.82. The molecule has 1 N–H and O–H groups in total.